The summed E-state index contributed by atoms with van der Waals surface area (Å²) in [5.41, 5.74) is -1.51. The van der Waals surface area contributed by atoms with Gasteiger partial charge in [-0.3, -0.25) is 4.79 Å². The van der Waals surface area contributed by atoms with Crippen LogP contribution in [0.2, 0.25) is 0 Å². The van der Waals surface area contributed by atoms with E-state index in [4.69, 9.17) is 15.3 Å². The van der Waals surface area contributed by atoms with Crippen molar-refractivity contribution < 1.29 is 30.3 Å². The standard InChI is InChI=1S/C10H21NO6/c1-10(2,9(16)17)11(7(14)3-5-12)8(15)4-6-13/h7-8,12-15H,3-6H2,1-2H3,(H,16,17). The van der Waals surface area contributed by atoms with Crippen LogP contribution >= 0.6 is 0 Å². The average molecular weight is 251 g/mol. The first-order valence-electron chi connectivity index (χ1n) is 5.38. The Balaban J connectivity index is 5.02. The van der Waals surface area contributed by atoms with Gasteiger partial charge in [0, 0.05) is 26.1 Å². The van der Waals surface area contributed by atoms with Crippen LogP contribution in [0.25, 0.3) is 0 Å². The second-order valence-corrected chi connectivity index (χ2v) is 4.26. The van der Waals surface area contributed by atoms with Crippen molar-refractivity contribution in [2.24, 2.45) is 0 Å². The Labute approximate surface area is 99.9 Å². The second-order valence-electron chi connectivity index (χ2n) is 4.26. The lowest BCUT2D eigenvalue weighted by molar-refractivity contribution is -0.185. The average Bonchev–Trinajstić information content (AvgIpc) is 2.17. The van der Waals surface area contributed by atoms with Crippen LogP contribution in [0.3, 0.4) is 0 Å². The molecular formula is C10H21NO6. The van der Waals surface area contributed by atoms with E-state index in [1.165, 1.54) is 13.8 Å². The third kappa shape index (κ3) is 4.21. The molecule has 0 aromatic rings. The van der Waals surface area contributed by atoms with E-state index in [-0.39, 0.29) is 26.1 Å². The topological polar surface area (TPSA) is 121 Å². The van der Waals surface area contributed by atoms with Crippen molar-refractivity contribution in [2.45, 2.75) is 44.7 Å². The highest BCUT2D eigenvalue weighted by atomic mass is 16.4. The third-order valence-corrected chi connectivity index (χ3v) is 2.59. The van der Waals surface area contributed by atoms with Crippen LogP contribution in [-0.2, 0) is 4.79 Å². The lowest BCUT2D eigenvalue weighted by atomic mass is 10.0. The van der Waals surface area contributed by atoms with E-state index in [2.05, 4.69) is 0 Å². The molecule has 0 aliphatic carbocycles. The largest absolute Gasteiger partial charge is 0.480 e. The van der Waals surface area contributed by atoms with Crippen LogP contribution < -0.4 is 0 Å². The molecule has 0 bridgehead atoms. The lowest BCUT2D eigenvalue weighted by Gasteiger charge is -2.41. The summed E-state index contributed by atoms with van der Waals surface area (Å²) in [6, 6.07) is 0. The summed E-state index contributed by atoms with van der Waals surface area (Å²) in [5, 5.41) is 46.0. The number of nitrogens with zero attached hydrogens (tertiary/aromatic N) is 1. The van der Waals surface area contributed by atoms with E-state index in [1.54, 1.807) is 0 Å². The number of aliphatic hydroxyl groups excluding tert-OH is 4. The first-order chi connectivity index (χ1) is 7.78. The number of carboxylic acids is 1. The van der Waals surface area contributed by atoms with Crippen molar-refractivity contribution in [2.75, 3.05) is 13.2 Å². The Morgan fingerprint density at radius 2 is 1.47 bits per heavy atom. The Bertz CT molecular complexity index is 233. The number of carboxylic acid groups (broad SMARTS) is 1. The van der Waals surface area contributed by atoms with Gasteiger partial charge in [0.2, 0.25) is 0 Å². The summed E-state index contributed by atoms with van der Waals surface area (Å²) in [6.07, 6.45) is -2.77. The molecule has 0 amide bonds. The summed E-state index contributed by atoms with van der Waals surface area (Å²) in [4.78, 5) is 12.1. The number of hydrogen-bond donors (Lipinski definition) is 5. The van der Waals surface area contributed by atoms with E-state index in [1.807, 2.05) is 0 Å². The number of aliphatic carboxylic acids is 1. The molecule has 0 aliphatic rings. The van der Waals surface area contributed by atoms with Crippen molar-refractivity contribution in [1.29, 1.82) is 0 Å². The predicted molar refractivity (Wildman–Crippen MR) is 59.0 cm³/mol. The maximum Gasteiger partial charge on any atom is 0.323 e. The maximum absolute atomic E-state index is 11.1. The Morgan fingerprint density at radius 3 is 1.71 bits per heavy atom. The molecule has 0 spiro atoms. The summed E-state index contributed by atoms with van der Waals surface area (Å²) in [7, 11) is 0. The van der Waals surface area contributed by atoms with Crippen molar-refractivity contribution in [3.63, 3.8) is 0 Å². The molecule has 2 atom stereocenters. The van der Waals surface area contributed by atoms with Crippen LogP contribution in [0.1, 0.15) is 26.7 Å². The zero-order valence-corrected chi connectivity index (χ0v) is 10.1. The maximum atomic E-state index is 11.1. The fraction of sp³-hybridized carbons (Fsp3) is 0.900. The van der Waals surface area contributed by atoms with Crippen LogP contribution in [0, 0.1) is 0 Å². The molecule has 2 unspecified atom stereocenters. The Morgan fingerprint density at radius 1 is 1.12 bits per heavy atom. The molecule has 102 valence electrons. The third-order valence-electron chi connectivity index (χ3n) is 2.59. The van der Waals surface area contributed by atoms with Gasteiger partial charge in [-0.15, -0.1) is 0 Å². The quantitative estimate of drug-likeness (QED) is 0.335. The summed E-state index contributed by atoms with van der Waals surface area (Å²) in [6.45, 7) is 1.99. The minimum Gasteiger partial charge on any atom is -0.480 e. The molecular weight excluding hydrogens is 230 g/mol. The molecule has 17 heavy (non-hydrogen) atoms. The molecule has 0 radical (unpaired) electrons. The van der Waals surface area contributed by atoms with Crippen molar-refractivity contribution in [1.82, 2.24) is 4.90 Å². The normalized spacial score (nSPS) is 15.9. The summed E-state index contributed by atoms with van der Waals surface area (Å²) >= 11 is 0. The van der Waals surface area contributed by atoms with E-state index in [9.17, 15) is 15.0 Å². The smallest absolute Gasteiger partial charge is 0.323 e. The SMILES string of the molecule is CC(C)(C(=O)O)N(C(O)CCO)C(O)CCO. The van der Waals surface area contributed by atoms with Crippen molar-refractivity contribution in [3.8, 4) is 0 Å². The minimum absolute atomic E-state index is 0.0841. The Kier molecular flexibility index (Phi) is 6.58. The van der Waals surface area contributed by atoms with E-state index < -0.39 is 24.0 Å². The van der Waals surface area contributed by atoms with Crippen molar-refractivity contribution >= 4 is 5.97 Å². The molecule has 0 saturated carbocycles. The van der Waals surface area contributed by atoms with Gasteiger partial charge in [-0.25, -0.2) is 4.90 Å². The van der Waals surface area contributed by atoms with Gasteiger partial charge in [-0.05, 0) is 13.8 Å². The molecule has 0 aliphatic heterocycles. The molecule has 0 saturated heterocycles. The first kappa shape index (κ1) is 16.3. The van der Waals surface area contributed by atoms with Gasteiger partial charge in [0.15, 0.2) is 0 Å². The van der Waals surface area contributed by atoms with E-state index >= 15 is 0 Å². The lowest BCUT2D eigenvalue weighted by Crippen LogP contribution is -2.59. The molecule has 0 aromatic carbocycles. The number of rotatable bonds is 8. The van der Waals surface area contributed by atoms with Gasteiger partial charge in [-0.2, -0.15) is 0 Å². The van der Waals surface area contributed by atoms with Crippen LogP contribution in [0.4, 0.5) is 0 Å². The predicted octanol–water partition coefficient (Wildman–Crippen LogP) is -1.45. The molecule has 0 heterocycles. The molecule has 7 heteroatoms. The zero-order valence-electron chi connectivity index (χ0n) is 10.1. The van der Waals surface area contributed by atoms with Crippen LogP contribution in [0.5, 0.6) is 0 Å². The minimum atomic E-state index is -1.51. The van der Waals surface area contributed by atoms with Gasteiger partial charge < -0.3 is 25.5 Å². The molecule has 7 nitrogen and oxygen atoms in total. The van der Waals surface area contributed by atoms with Crippen molar-refractivity contribution in [3.05, 3.63) is 0 Å². The number of carbonyl (C=O) groups is 1. The van der Waals surface area contributed by atoms with E-state index in [0.29, 0.717) is 0 Å². The van der Waals surface area contributed by atoms with E-state index in [0.717, 1.165) is 4.90 Å². The van der Waals surface area contributed by atoms with Gasteiger partial charge in [-0.1, -0.05) is 0 Å². The number of aliphatic hydroxyl groups is 4. The second kappa shape index (κ2) is 6.87. The Hall–Kier alpha value is -0.730. The van der Waals surface area contributed by atoms with Gasteiger partial charge in [0.05, 0.1) is 0 Å². The highest BCUT2D eigenvalue weighted by Crippen LogP contribution is 2.22. The van der Waals surface area contributed by atoms with Crippen LogP contribution in [-0.4, -0.2) is 67.6 Å². The summed E-state index contributed by atoms with van der Waals surface area (Å²) in [5.74, 6) is -1.22. The molecule has 0 rings (SSSR count). The highest BCUT2D eigenvalue weighted by molar-refractivity contribution is 5.77. The first-order valence-corrected chi connectivity index (χ1v) is 5.38. The molecule has 0 fully saturated rings. The number of hydrogen-bond acceptors (Lipinski definition) is 6. The van der Waals surface area contributed by atoms with Crippen LogP contribution in [0.15, 0.2) is 0 Å². The summed E-state index contributed by atoms with van der Waals surface area (Å²) < 4.78 is 0. The zero-order chi connectivity index (χ0) is 13.6. The monoisotopic (exact) mass is 251 g/mol. The molecule has 0 aromatic heterocycles. The molecule has 5 N–H and O–H groups in total. The fourth-order valence-electron chi connectivity index (χ4n) is 1.56. The highest BCUT2D eigenvalue weighted by Gasteiger charge is 2.41. The van der Waals surface area contributed by atoms with Gasteiger partial charge in [0.1, 0.15) is 18.0 Å². The van der Waals surface area contributed by atoms with Gasteiger partial charge in [0.25, 0.3) is 0 Å². The fourth-order valence-corrected chi connectivity index (χ4v) is 1.56. The van der Waals surface area contributed by atoms with Gasteiger partial charge >= 0.3 is 5.97 Å².